The van der Waals surface area contributed by atoms with Crippen LogP contribution in [-0.2, 0) is 0 Å². The van der Waals surface area contributed by atoms with Gasteiger partial charge in [-0.3, -0.25) is 4.79 Å². The molecule has 138 valence electrons. The molecule has 0 saturated carbocycles. The summed E-state index contributed by atoms with van der Waals surface area (Å²) in [5, 5.41) is 3.19. The average Bonchev–Trinajstić information content (AvgIpc) is 3.22. The SMILES string of the molecule is O=C(c1ccc(Oc2nccs2)cc1)N1CCN(c2ccccc2Cl)CC1. The summed E-state index contributed by atoms with van der Waals surface area (Å²) in [6.45, 7) is 2.87. The zero-order valence-electron chi connectivity index (χ0n) is 14.5. The highest BCUT2D eigenvalue weighted by molar-refractivity contribution is 7.11. The number of hydrogen-bond donors (Lipinski definition) is 0. The second kappa shape index (κ2) is 7.98. The van der Waals surface area contributed by atoms with Crippen molar-refractivity contribution < 1.29 is 9.53 Å². The van der Waals surface area contributed by atoms with Crippen molar-refractivity contribution in [2.75, 3.05) is 31.1 Å². The smallest absolute Gasteiger partial charge is 0.278 e. The Balaban J connectivity index is 1.37. The first-order chi connectivity index (χ1) is 13.2. The lowest BCUT2D eigenvalue weighted by Gasteiger charge is -2.36. The fourth-order valence-electron chi connectivity index (χ4n) is 3.07. The van der Waals surface area contributed by atoms with Crippen LogP contribution in [0.25, 0.3) is 0 Å². The Bertz CT molecular complexity index is 907. The van der Waals surface area contributed by atoms with Gasteiger partial charge in [0.2, 0.25) is 0 Å². The average molecular weight is 400 g/mol. The molecule has 27 heavy (non-hydrogen) atoms. The number of para-hydroxylation sites is 1. The van der Waals surface area contributed by atoms with Crippen LogP contribution in [-0.4, -0.2) is 42.0 Å². The zero-order chi connectivity index (χ0) is 18.6. The third kappa shape index (κ3) is 4.07. The molecule has 1 aliphatic heterocycles. The van der Waals surface area contributed by atoms with Crippen LogP contribution in [0, 0.1) is 0 Å². The Labute approximate surface area is 166 Å². The van der Waals surface area contributed by atoms with Gasteiger partial charge in [0.05, 0.1) is 10.7 Å². The minimum atomic E-state index is 0.0367. The lowest BCUT2D eigenvalue weighted by molar-refractivity contribution is 0.0747. The van der Waals surface area contributed by atoms with Gasteiger partial charge in [0.15, 0.2) is 0 Å². The van der Waals surface area contributed by atoms with Gasteiger partial charge in [0, 0.05) is 43.3 Å². The van der Waals surface area contributed by atoms with Gasteiger partial charge in [-0.1, -0.05) is 35.1 Å². The van der Waals surface area contributed by atoms with E-state index in [-0.39, 0.29) is 5.91 Å². The number of ether oxygens (including phenoxy) is 1. The van der Waals surface area contributed by atoms with Crippen molar-refractivity contribution in [2.45, 2.75) is 0 Å². The van der Waals surface area contributed by atoms with Gasteiger partial charge in [0.1, 0.15) is 5.75 Å². The van der Waals surface area contributed by atoms with Crippen molar-refractivity contribution in [3.05, 3.63) is 70.7 Å². The maximum atomic E-state index is 12.8. The number of halogens is 1. The lowest BCUT2D eigenvalue weighted by atomic mass is 10.1. The molecule has 0 spiro atoms. The van der Waals surface area contributed by atoms with E-state index in [4.69, 9.17) is 16.3 Å². The number of carbonyl (C=O) groups is 1. The highest BCUT2D eigenvalue weighted by Gasteiger charge is 2.23. The molecule has 1 amide bonds. The second-order valence-electron chi connectivity index (χ2n) is 6.16. The van der Waals surface area contributed by atoms with E-state index in [2.05, 4.69) is 9.88 Å². The molecule has 1 aliphatic rings. The van der Waals surface area contributed by atoms with Gasteiger partial charge < -0.3 is 14.5 Å². The van der Waals surface area contributed by atoms with E-state index < -0.39 is 0 Å². The molecule has 0 bridgehead atoms. The first-order valence-electron chi connectivity index (χ1n) is 8.67. The summed E-state index contributed by atoms with van der Waals surface area (Å²) in [6, 6.07) is 15.0. The van der Waals surface area contributed by atoms with E-state index in [1.165, 1.54) is 11.3 Å². The number of rotatable bonds is 4. The molecular weight excluding hydrogens is 382 g/mol. The number of aromatic nitrogens is 1. The number of nitrogens with zero attached hydrogens (tertiary/aromatic N) is 3. The van der Waals surface area contributed by atoms with Crippen LogP contribution < -0.4 is 9.64 Å². The van der Waals surface area contributed by atoms with Crippen LogP contribution in [0.1, 0.15) is 10.4 Å². The maximum Gasteiger partial charge on any atom is 0.278 e. The first kappa shape index (κ1) is 17.8. The van der Waals surface area contributed by atoms with Gasteiger partial charge in [-0.05, 0) is 36.4 Å². The third-order valence-electron chi connectivity index (χ3n) is 4.48. The molecule has 1 saturated heterocycles. The van der Waals surface area contributed by atoms with Crippen molar-refractivity contribution >= 4 is 34.5 Å². The summed E-state index contributed by atoms with van der Waals surface area (Å²) in [4.78, 5) is 21.0. The van der Waals surface area contributed by atoms with E-state index in [0.29, 0.717) is 29.6 Å². The number of carbonyl (C=O) groups excluding carboxylic acids is 1. The molecule has 3 aromatic rings. The van der Waals surface area contributed by atoms with E-state index in [1.54, 1.807) is 30.5 Å². The predicted molar refractivity (Wildman–Crippen MR) is 108 cm³/mol. The number of anilines is 1. The molecule has 0 aliphatic carbocycles. The summed E-state index contributed by atoms with van der Waals surface area (Å²) < 4.78 is 5.64. The number of thiazole rings is 1. The standard InChI is InChI=1S/C20H18ClN3O2S/c21-17-3-1-2-4-18(17)23-10-12-24(13-11-23)19(25)15-5-7-16(8-6-15)26-20-22-9-14-27-20/h1-9,14H,10-13H2. The second-order valence-corrected chi connectivity index (χ2v) is 7.42. The number of amides is 1. The summed E-state index contributed by atoms with van der Waals surface area (Å²) >= 11 is 7.71. The summed E-state index contributed by atoms with van der Waals surface area (Å²) in [7, 11) is 0. The molecule has 0 N–H and O–H groups in total. The van der Waals surface area contributed by atoms with Gasteiger partial charge in [-0.15, -0.1) is 0 Å². The van der Waals surface area contributed by atoms with E-state index in [9.17, 15) is 4.79 Å². The number of hydrogen-bond acceptors (Lipinski definition) is 5. The maximum absolute atomic E-state index is 12.8. The van der Waals surface area contributed by atoms with Gasteiger partial charge in [0.25, 0.3) is 11.1 Å². The Morgan fingerprint density at radius 2 is 1.78 bits per heavy atom. The minimum absolute atomic E-state index is 0.0367. The van der Waals surface area contributed by atoms with Crippen molar-refractivity contribution in [1.82, 2.24) is 9.88 Å². The predicted octanol–water partition coefficient (Wildman–Crippen LogP) is 4.55. The van der Waals surface area contributed by atoms with Gasteiger partial charge in [-0.2, -0.15) is 0 Å². The van der Waals surface area contributed by atoms with Crippen LogP contribution in [0.2, 0.25) is 5.02 Å². The highest BCUT2D eigenvalue weighted by atomic mass is 35.5. The Kier molecular flexibility index (Phi) is 5.27. The Morgan fingerprint density at radius 1 is 1.04 bits per heavy atom. The largest absolute Gasteiger partial charge is 0.431 e. The zero-order valence-corrected chi connectivity index (χ0v) is 16.1. The molecule has 0 radical (unpaired) electrons. The molecule has 2 heterocycles. The van der Waals surface area contributed by atoms with Crippen LogP contribution in [0.4, 0.5) is 5.69 Å². The van der Waals surface area contributed by atoms with Gasteiger partial charge in [-0.25, -0.2) is 4.98 Å². The molecule has 0 unspecified atom stereocenters. The molecule has 2 aromatic carbocycles. The van der Waals surface area contributed by atoms with Crippen molar-refractivity contribution in [3.63, 3.8) is 0 Å². The van der Waals surface area contributed by atoms with Crippen LogP contribution in [0.15, 0.2) is 60.1 Å². The molecule has 5 nitrogen and oxygen atoms in total. The van der Waals surface area contributed by atoms with E-state index in [1.807, 2.05) is 34.5 Å². The van der Waals surface area contributed by atoms with Crippen LogP contribution in [0.3, 0.4) is 0 Å². The molecule has 1 fully saturated rings. The van der Waals surface area contributed by atoms with Crippen LogP contribution in [0.5, 0.6) is 10.9 Å². The monoisotopic (exact) mass is 399 g/mol. The molecule has 7 heteroatoms. The Hall–Kier alpha value is -2.57. The fraction of sp³-hybridized carbons (Fsp3) is 0.200. The normalized spacial score (nSPS) is 14.3. The lowest BCUT2D eigenvalue weighted by Crippen LogP contribution is -2.48. The quantitative estimate of drug-likeness (QED) is 0.645. The van der Waals surface area contributed by atoms with Crippen molar-refractivity contribution in [2.24, 2.45) is 0 Å². The van der Waals surface area contributed by atoms with E-state index in [0.717, 1.165) is 23.8 Å². The molecule has 1 aromatic heterocycles. The van der Waals surface area contributed by atoms with Crippen molar-refractivity contribution in [3.8, 4) is 10.9 Å². The summed E-state index contributed by atoms with van der Waals surface area (Å²) in [5.41, 5.74) is 1.68. The molecular formula is C20H18ClN3O2S. The number of benzene rings is 2. The topological polar surface area (TPSA) is 45.7 Å². The van der Waals surface area contributed by atoms with E-state index >= 15 is 0 Å². The first-order valence-corrected chi connectivity index (χ1v) is 9.92. The Morgan fingerprint density at radius 3 is 2.44 bits per heavy atom. The van der Waals surface area contributed by atoms with Crippen LogP contribution >= 0.6 is 22.9 Å². The number of piperazine rings is 1. The summed E-state index contributed by atoms with van der Waals surface area (Å²) in [5.74, 6) is 0.708. The van der Waals surface area contributed by atoms with Gasteiger partial charge >= 0.3 is 0 Å². The summed E-state index contributed by atoms with van der Waals surface area (Å²) in [6.07, 6.45) is 1.69. The molecule has 4 rings (SSSR count). The minimum Gasteiger partial charge on any atom is -0.431 e. The van der Waals surface area contributed by atoms with Crippen molar-refractivity contribution in [1.29, 1.82) is 0 Å². The third-order valence-corrected chi connectivity index (χ3v) is 5.44. The fourth-order valence-corrected chi connectivity index (χ4v) is 3.83. The highest BCUT2D eigenvalue weighted by Crippen LogP contribution is 2.27. The molecule has 0 atom stereocenters.